The third-order valence-electron chi connectivity index (χ3n) is 5.27. The highest BCUT2D eigenvalue weighted by molar-refractivity contribution is 8.15. The third kappa shape index (κ3) is 4.75. The number of halogens is 3. The number of thioether (sulfide) groups is 1. The number of methoxy groups -OCH3 is 1. The van der Waals surface area contributed by atoms with Gasteiger partial charge < -0.3 is 15.4 Å². The maximum Gasteiger partial charge on any atom is 0.416 e. The number of aryl methyl sites for hydroxylation is 1. The van der Waals surface area contributed by atoms with E-state index < -0.39 is 11.7 Å². The normalized spacial score (nSPS) is 17.0. The molecule has 0 saturated heterocycles. The van der Waals surface area contributed by atoms with Gasteiger partial charge in [-0.2, -0.15) is 18.3 Å². The molecule has 174 valence electrons. The highest BCUT2D eigenvalue weighted by Crippen LogP contribution is 2.31. The molecule has 3 heterocycles. The molecular formula is C21H21F3N6O2S. The summed E-state index contributed by atoms with van der Waals surface area (Å²) in [6.45, 7) is 4.15. The lowest BCUT2D eigenvalue weighted by atomic mass is 10.2. The second-order valence-corrected chi connectivity index (χ2v) is 8.72. The van der Waals surface area contributed by atoms with Crippen molar-refractivity contribution in [2.75, 3.05) is 19.0 Å². The lowest BCUT2D eigenvalue weighted by molar-refractivity contribution is -0.137. The van der Waals surface area contributed by atoms with Crippen molar-refractivity contribution in [3.63, 3.8) is 0 Å². The van der Waals surface area contributed by atoms with E-state index in [1.807, 2.05) is 13.8 Å². The number of hydrogen-bond donors (Lipinski definition) is 2. The van der Waals surface area contributed by atoms with Gasteiger partial charge in [0.2, 0.25) is 0 Å². The maximum absolute atomic E-state index is 13.0. The smallest absolute Gasteiger partial charge is 0.416 e. The molecule has 1 amide bonds. The molecule has 1 aromatic carbocycles. The van der Waals surface area contributed by atoms with Gasteiger partial charge in [0, 0.05) is 17.3 Å². The molecule has 4 rings (SSSR count). The van der Waals surface area contributed by atoms with E-state index in [1.165, 1.54) is 30.2 Å². The van der Waals surface area contributed by atoms with Crippen LogP contribution in [0.25, 0.3) is 5.52 Å². The standard InChI is InChI=1S/C21H21F3N6O2S/c1-11-15(32-3)9-30-18(11)17(26-10-27-30)19(31)28-12(2)16-8-25-20(33-16)29-14-6-4-13(5-7-14)21(22,23)24/h4-7,9-10,12,16H,8H2,1-3H3,(H,25,29)(H,28,31). The van der Waals surface area contributed by atoms with Gasteiger partial charge >= 0.3 is 6.18 Å². The van der Waals surface area contributed by atoms with Crippen LogP contribution in [0, 0.1) is 6.92 Å². The molecule has 0 fully saturated rings. The van der Waals surface area contributed by atoms with Crippen LogP contribution in [0.15, 0.2) is 41.8 Å². The number of carbonyl (C=O) groups is 1. The van der Waals surface area contributed by atoms with Gasteiger partial charge in [-0.25, -0.2) is 9.50 Å². The Kier molecular flexibility index (Phi) is 6.19. The molecule has 2 atom stereocenters. The Morgan fingerprint density at radius 3 is 2.70 bits per heavy atom. The van der Waals surface area contributed by atoms with Crippen LogP contribution in [-0.2, 0) is 6.18 Å². The fraction of sp³-hybridized carbons (Fsp3) is 0.333. The van der Waals surface area contributed by atoms with E-state index in [0.717, 1.165) is 17.7 Å². The molecule has 0 bridgehead atoms. The van der Waals surface area contributed by atoms with Gasteiger partial charge in [0.1, 0.15) is 17.6 Å². The van der Waals surface area contributed by atoms with E-state index >= 15 is 0 Å². The molecular weight excluding hydrogens is 457 g/mol. The summed E-state index contributed by atoms with van der Waals surface area (Å²) in [4.78, 5) is 21.5. The summed E-state index contributed by atoms with van der Waals surface area (Å²) >= 11 is 1.42. The van der Waals surface area contributed by atoms with Gasteiger partial charge in [0.25, 0.3) is 5.91 Å². The highest BCUT2D eigenvalue weighted by atomic mass is 32.2. The number of rotatable bonds is 5. The summed E-state index contributed by atoms with van der Waals surface area (Å²) < 4.78 is 45.0. The van der Waals surface area contributed by atoms with Crippen LogP contribution >= 0.6 is 11.8 Å². The minimum atomic E-state index is -4.38. The Morgan fingerprint density at radius 1 is 1.30 bits per heavy atom. The van der Waals surface area contributed by atoms with Crippen molar-refractivity contribution in [1.82, 2.24) is 19.9 Å². The van der Waals surface area contributed by atoms with Crippen LogP contribution in [0.2, 0.25) is 0 Å². The fourth-order valence-electron chi connectivity index (χ4n) is 3.46. The number of amides is 1. The number of nitrogens with one attached hydrogen (secondary N) is 2. The summed E-state index contributed by atoms with van der Waals surface area (Å²) in [6, 6.07) is 4.51. The van der Waals surface area contributed by atoms with Gasteiger partial charge in [-0.3, -0.25) is 9.79 Å². The molecule has 3 aromatic rings. The van der Waals surface area contributed by atoms with E-state index in [2.05, 4.69) is 25.7 Å². The van der Waals surface area contributed by atoms with Crippen molar-refractivity contribution in [2.45, 2.75) is 31.3 Å². The van der Waals surface area contributed by atoms with Crippen molar-refractivity contribution in [1.29, 1.82) is 0 Å². The summed E-state index contributed by atoms with van der Waals surface area (Å²) in [6.07, 6.45) is -1.38. The monoisotopic (exact) mass is 478 g/mol. The summed E-state index contributed by atoms with van der Waals surface area (Å²) in [5.74, 6) is 0.264. The zero-order valence-corrected chi connectivity index (χ0v) is 18.8. The van der Waals surface area contributed by atoms with Crippen molar-refractivity contribution >= 4 is 34.0 Å². The molecule has 1 aliphatic rings. The molecule has 0 saturated carbocycles. The van der Waals surface area contributed by atoms with Gasteiger partial charge in [-0.1, -0.05) is 11.8 Å². The van der Waals surface area contributed by atoms with Gasteiger partial charge in [-0.15, -0.1) is 0 Å². The van der Waals surface area contributed by atoms with Crippen LogP contribution in [0.4, 0.5) is 18.9 Å². The zero-order valence-electron chi connectivity index (χ0n) is 18.0. The van der Waals surface area contributed by atoms with Crippen LogP contribution in [-0.4, -0.2) is 50.6 Å². The summed E-state index contributed by atoms with van der Waals surface area (Å²) in [5.41, 5.74) is 1.37. The quantitative estimate of drug-likeness (QED) is 0.580. The third-order valence-corrected chi connectivity index (χ3v) is 6.59. The molecule has 2 aromatic heterocycles. The molecule has 2 N–H and O–H groups in total. The van der Waals surface area contributed by atoms with Gasteiger partial charge in [0.05, 0.1) is 30.7 Å². The highest BCUT2D eigenvalue weighted by Gasteiger charge is 2.31. The molecule has 0 radical (unpaired) electrons. The number of aromatic nitrogens is 3. The Bertz CT molecular complexity index is 1210. The predicted molar refractivity (Wildman–Crippen MR) is 120 cm³/mol. The molecule has 33 heavy (non-hydrogen) atoms. The number of anilines is 1. The van der Waals surface area contributed by atoms with Gasteiger partial charge in [0.15, 0.2) is 10.9 Å². The SMILES string of the molecule is COc1cn2ncnc(C(=O)NC(C)C3CN=C(Nc4ccc(C(F)(F)F)cc4)S3)c2c1C. The Balaban J connectivity index is 1.38. The molecule has 12 heteroatoms. The number of carbonyl (C=O) groups excluding carboxylic acids is 1. The number of alkyl halides is 3. The van der Waals surface area contributed by atoms with Crippen LogP contribution in [0.5, 0.6) is 5.75 Å². The zero-order chi connectivity index (χ0) is 23.8. The second-order valence-electron chi connectivity index (χ2n) is 7.49. The van der Waals surface area contributed by atoms with E-state index in [-0.39, 0.29) is 22.9 Å². The van der Waals surface area contributed by atoms with Crippen LogP contribution in [0.3, 0.4) is 0 Å². The predicted octanol–water partition coefficient (Wildman–Crippen LogP) is 3.77. The number of aliphatic imine (C=N–C) groups is 1. The fourth-order valence-corrected chi connectivity index (χ4v) is 4.50. The second kappa shape index (κ2) is 8.93. The number of hydrogen-bond acceptors (Lipinski definition) is 7. The molecule has 8 nitrogen and oxygen atoms in total. The molecule has 1 aliphatic heterocycles. The maximum atomic E-state index is 13.0. The molecule has 0 aliphatic carbocycles. The Hall–Kier alpha value is -3.28. The molecule has 0 spiro atoms. The first-order valence-electron chi connectivity index (χ1n) is 10.0. The topological polar surface area (TPSA) is 92.9 Å². The van der Waals surface area contributed by atoms with E-state index in [4.69, 9.17) is 4.74 Å². The van der Waals surface area contributed by atoms with Crippen molar-refractivity contribution in [3.05, 3.63) is 53.6 Å². The van der Waals surface area contributed by atoms with Crippen molar-refractivity contribution < 1.29 is 22.7 Å². The minimum Gasteiger partial charge on any atom is -0.495 e. The first kappa shape index (κ1) is 22.9. The van der Waals surface area contributed by atoms with E-state index in [1.54, 1.807) is 17.8 Å². The van der Waals surface area contributed by atoms with Gasteiger partial charge in [-0.05, 0) is 38.1 Å². The van der Waals surface area contributed by atoms with Crippen molar-refractivity contribution in [3.8, 4) is 5.75 Å². The number of fused-ring (bicyclic) bond motifs is 1. The lowest BCUT2D eigenvalue weighted by Crippen LogP contribution is -2.41. The van der Waals surface area contributed by atoms with Crippen LogP contribution in [0.1, 0.15) is 28.5 Å². The largest absolute Gasteiger partial charge is 0.495 e. The number of amidine groups is 1. The number of benzene rings is 1. The van der Waals surface area contributed by atoms with Crippen molar-refractivity contribution in [2.24, 2.45) is 4.99 Å². The van der Waals surface area contributed by atoms with E-state index in [9.17, 15) is 18.0 Å². The average molecular weight is 479 g/mol. The van der Waals surface area contributed by atoms with Crippen LogP contribution < -0.4 is 15.4 Å². The summed E-state index contributed by atoms with van der Waals surface area (Å²) in [7, 11) is 1.55. The average Bonchev–Trinajstić information content (AvgIpc) is 3.37. The summed E-state index contributed by atoms with van der Waals surface area (Å²) in [5, 5.41) is 10.7. The Morgan fingerprint density at radius 2 is 2.03 bits per heavy atom. The first-order valence-corrected chi connectivity index (χ1v) is 10.9. The lowest BCUT2D eigenvalue weighted by Gasteiger charge is -2.19. The minimum absolute atomic E-state index is 0.0498. The van der Waals surface area contributed by atoms with E-state index in [0.29, 0.717) is 28.7 Å². The Labute approximate surface area is 191 Å². The molecule has 2 unspecified atom stereocenters. The number of nitrogens with zero attached hydrogens (tertiary/aromatic N) is 4. The first-order chi connectivity index (χ1) is 15.7. The number of ether oxygens (including phenoxy) is 1.